The van der Waals surface area contributed by atoms with E-state index in [1.807, 2.05) is 0 Å². The molecule has 2 rings (SSSR count). The van der Waals surface area contributed by atoms with Crippen molar-refractivity contribution in [2.24, 2.45) is 0 Å². The van der Waals surface area contributed by atoms with Crippen LogP contribution in [0.4, 0.5) is 10.5 Å². The Morgan fingerprint density at radius 2 is 1.59 bits per heavy atom. The Bertz CT molecular complexity index is 722. The van der Waals surface area contributed by atoms with E-state index >= 15 is 0 Å². The number of anilines is 1. The highest BCUT2D eigenvalue weighted by atomic mass is 35.5. The number of nitrogens with one attached hydrogen (secondary N) is 3. The fraction of sp³-hybridized carbons (Fsp3) is 0. The fourth-order valence-corrected chi connectivity index (χ4v) is 2.15. The molecule has 0 aliphatic carbocycles. The van der Waals surface area contributed by atoms with E-state index in [9.17, 15) is 9.59 Å². The molecule has 0 bridgehead atoms. The van der Waals surface area contributed by atoms with Crippen LogP contribution in [0.2, 0.25) is 15.1 Å². The molecule has 0 spiro atoms. The molecular formula is C14H10Cl3N3O2. The second-order valence-electron chi connectivity index (χ2n) is 4.17. The molecule has 0 unspecified atom stereocenters. The summed E-state index contributed by atoms with van der Waals surface area (Å²) < 4.78 is 0. The third-order valence-electron chi connectivity index (χ3n) is 2.55. The third kappa shape index (κ3) is 4.53. The van der Waals surface area contributed by atoms with Crippen LogP contribution in [0.25, 0.3) is 0 Å². The molecule has 0 saturated carbocycles. The Hall–Kier alpha value is -1.95. The summed E-state index contributed by atoms with van der Waals surface area (Å²) in [6, 6.07) is 10.4. The zero-order chi connectivity index (χ0) is 16.1. The number of hydrogen-bond acceptors (Lipinski definition) is 2. The molecular weight excluding hydrogens is 349 g/mol. The number of hydrogen-bond donors (Lipinski definition) is 3. The van der Waals surface area contributed by atoms with Crippen molar-refractivity contribution in [3.63, 3.8) is 0 Å². The van der Waals surface area contributed by atoms with Crippen molar-refractivity contribution in [2.75, 3.05) is 5.32 Å². The Morgan fingerprint density at radius 1 is 0.864 bits per heavy atom. The monoisotopic (exact) mass is 357 g/mol. The highest BCUT2D eigenvalue weighted by Gasteiger charge is 2.12. The van der Waals surface area contributed by atoms with Crippen LogP contribution in [0, 0.1) is 0 Å². The summed E-state index contributed by atoms with van der Waals surface area (Å²) in [5.74, 6) is -0.589. The van der Waals surface area contributed by atoms with E-state index in [2.05, 4.69) is 16.2 Å². The quantitative estimate of drug-likeness (QED) is 0.707. The summed E-state index contributed by atoms with van der Waals surface area (Å²) in [4.78, 5) is 23.6. The van der Waals surface area contributed by atoms with Crippen molar-refractivity contribution in [3.8, 4) is 0 Å². The minimum absolute atomic E-state index is 0.150. The lowest BCUT2D eigenvalue weighted by Crippen LogP contribution is -2.44. The van der Waals surface area contributed by atoms with Crippen molar-refractivity contribution in [2.45, 2.75) is 0 Å². The lowest BCUT2D eigenvalue weighted by molar-refractivity contribution is 0.0938. The Kier molecular flexibility index (Phi) is 5.49. The predicted octanol–water partition coefficient (Wildman–Crippen LogP) is 4.11. The van der Waals surface area contributed by atoms with Crippen LogP contribution in [0.5, 0.6) is 0 Å². The van der Waals surface area contributed by atoms with Gasteiger partial charge in [-0.15, -0.1) is 0 Å². The summed E-state index contributed by atoms with van der Waals surface area (Å²) in [5.41, 5.74) is 5.06. The van der Waals surface area contributed by atoms with E-state index < -0.39 is 11.9 Å². The van der Waals surface area contributed by atoms with E-state index in [-0.39, 0.29) is 10.6 Å². The molecule has 0 aliphatic rings. The number of carbonyl (C=O) groups is 2. The third-order valence-corrected chi connectivity index (χ3v) is 3.34. The highest BCUT2D eigenvalue weighted by molar-refractivity contribution is 6.35. The first-order chi connectivity index (χ1) is 10.5. The average molecular weight is 359 g/mol. The number of halogens is 3. The van der Waals surface area contributed by atoms with E-state index in [1.165, 1.54) is 12.1 Å². The molecule has 0 aromatic heterocycles. The van der Waals surface area contributed by atoms with Crippen molar-refractivity contribution >= 4 is 52.4 Å². The normalized spacial score (nSPS) is 9.95. The number of hydrazine groups is 1. The van der Waals surface area contributed by atoms with E-state index in [0.29, 0.717) is 15.7 Å². The second-order valence-corrected chi connectivity index (χ2v) is 5.45. The number of amides is 3. The predicted molar refractivity (Wildman–Crippen MR) is 87.5 cm³/mol. The summed E-state index contributed by atoms with van der Waals surface area (Å²) in [6.07, 6.45) is 0. The first-order valence-corrected chi connectivity index (χ1v) is 7.17. The van der Waals surface area contributed by atoms with Crippen molar-refractivity contribution < 1.29 is 9.59 Å². The van der Waals surface area contributed by atoms with Gasteiger partial charge >= 0.3 is 6.03 Å². The smallest absolute Gasteiger partial charge is 0.307 e. The van der Waals surface area contributed by atoms with Gasteiger partial charge in [-0.1, -0.05) is 40.9 Å². The van der Waals surface area contributed by atoms with Gasteiger partial charge in [-0.3, -0.25) is 10.2 Å². The van der Waals surface area contributed by atoms with Crippen molar-refractivity contribution in [1.82, 2.24) is 10.9 Å². The topological polar surface area (TPSA) is 70.2 Å². The Balaban J connectivity index is 1.93. The molecule has 5 nitrogen and oxygen atoms in total. The van der Waals surface area contributed by atoms with Gasteiger partial charge in [0.15, 0.2) is 0 Å². The van der Waals surface area contributed by atoms with Gasteiger partial charge in [0.25, 0.3) is 5.91 Å². The van der Waals surface area contributed by atoms with Gasteiger partial charge in [-0.05, 0) is 36.4 Å². The number of benzene rings is 2. The van der Waals surface area contributed by atoms with Crippen LogP contribution >= 0.6 is 34.8 Å². The summed E-state index contributed by atoms with van der Waals surface area (Å²) in [7, 11) is 0. The summed E-state index contributed by atoms with van der Waals surface area (Å²) in [5, 5.41) is 3.57. The maximum Gasteiger partial charge on any atom is 0.337 e. The molecule has 0 heterocycles. The molecule has 2 aromatic rings. The molecule has 114 valence electrons. The van der Waals surface area contributed by atoms with Crippen LogP contribution in [0.15, 0.2) is 42.5 Å². The van der Waals surface area contributed by atoms with Gasteiger partial charge in [0, 0.05) is 15.7 Å². The Labute approximate surface area is 141 Å². The first kappa shape index (κ1) is 16.4. The maximum absolute atomic E-state index is 11.9. The fourth-order valence-electron chi connectivity index (χ4n) is 1.58. The van der Waals surface area contributed by atoms with Crippen LogP contribution in [-0.2, 0) is 0 Å². The van der Waals surface area contributed by atoms with Gasteiger partial charge in [-0.25, -0.2) is 10.2 Å². The van der Waals surface area contributed by atoms with Crippen LogP contribution in [0.3, 0.4) is 0 Å². The maximum atomic E-state index is 11.9. The van der Waals surface area contributed by atoms with E-state index in [1.54, 1.807) is 30.3 Å². The summed E-state index contributed by atoms with van der Waals surface area (Å²) >= 11 is 17.5. The van der Waals surface area contributed by atoms with Crippen molar-refractivity contribution in [3.05, 3.63) is 63.1 Å². The molecule has 0 radical (unpaired) electrons. The molecule has 0 saturated heterocycles. The molecule has 0 aliphatic heterocycles. The number of carbonyl (C=O) groups excluding carboxylic acids is 2. The molecule has 0 fully saturated rings. The van der Waals surface area contributed by atoms with Gasteiger partial charge in [-0.2, -0.15) is 0 Å². The Morgan fingerprint density at radius 3 is 2.32 bits per heavy atom. The molecule has 0 atom stereocenters. The minimum Gasteiger partial charge on any atom is -0.307 e. The molecule has 2 aromatic carbocycles. The molecule has 22 heavy (non-hydrogen) atoms. The standard InChI is InChI=1S/C14H10Cl3N3O2/c15-8-2-1-3-10(6-8)18-14(22)20-19-13(21)11-7-9(16)4-5-12(11)17/h1-7H,(H,19,21)(H2,18,20,22). The number of urea groups is 1. The lowest BCUT2D eigenvalue weighted by atomic mass is 10.2. The van der Waals surface area contributed by atoms with Crippen LogP contribution in [-0.4, -0.2) is 11.9 Å². The van der Waals surface area contributed by atoms with Crippen molar-refractivity contribution in [1.29, 1.82) is 0 Å². The zero-order valence-electron chi connectivity index (χ0n) is 11.0. The van der Waals surface area contributed by atoms with Gasteiger partial charge < -0.3 is 5.32 Å². The van der Waals surface area contributed by atoms with E-state index in [0.717, 1.165) is 0 Å². The molecule has 8 heteroatoms. The second kappa shape index (κ2) is 7.35. The first-order valence-electron chi connectivity index (χ1n) is 6.03. The summed E-state index contributed by atoms with van der Waals surface area (Å²) in [6.45, 7) is 0. The zero-order valence-corrected chi connectivity index (χ0v) is 13.3. The molecule has 3 N–H and O–H groups in total. The van der Waals surface area contributed by atoms with Crippen LogP contribution in [0.1, 0.15) is 10.4 Å². The average Bonchev–Trinajstić information content (AvgIpc) is 2.47. The van der Waals surface area contributed by atoms with E-state index in [4.69, 9.17) is 34.8 Å². The lowest BCUT2D eigenvalue weighted by Gasteiger charge is -2.10. The highest BCUT2D eigenvalue weighted by Crippen LogP contribution is 2.20. The van der Waals surface area contributed by atoms with Crippen LogP contribution < -0.4 is 16.2 Å². The SMILES string of the molecule is O=C(NNC(=O)c1cc(Cl)ccc1Cl)Nc1cccc(Cl)c1. The minimum atomic E-state index is -0.631. The largest absolute Gasteiger partial charge is 0.337 e. The van der Waals surface area contributed by atoms with Gasteiger partial charge in [0.05, 0.1) is 10.6 Å². The van der Waals surface area contributed by atoms with Gasteiger partial charge in [0.2, 0.25) is 0 Å². The van der Waals surface area contributed by atoms with Gasteiger partial charge in [0.1, 0.15) is 0 Å². The number of rotatable bonds is 2. The molecule has 3 amide bonds.